The maximum absolute atomic E-state index is 10.6. The van der Waals surface area contributed by atoms with Crippen molar-refractivity contribution in [2.24, 2.45) is 0 Å². The normalized spacial score (nSPS) is 10.2. The fraction of sp³-hybridized carbons (Fsp3) is 0.100. The standard InChI is InChI=1S/C10H10N4O3/c1-17-8-4-2-7(3-5-8)13-10(11)9(6-12-13)14(15)16/h2-6H,11H2,1H3. The van der Waals surface area contributed by atoms with Crippen molar-refractivity contribution in [1.29, 1.82) is 0 Å². The van der Waals surface area contributed by atoms with E-state index < -0.39 is 4.92 Å². The van der Waals surface area contributed by atoms with Gasteiger partial charge in [0.05, 0.1) is 17.7 Å². The summed E-state index contributed by atoms with van der Waals surface area (Å²) in [6, 6.07) is 6.88. The van der Waals surface area contributed by atoms with Crippen LogP contribution in [0.15, 0.2) is 30.5 Å². The van der Waals surface area contributed by atoms with E-state index in [1.54, 1.807) is 31.4 Å². The predicted molar refractivity (Wildman–Crippen MR) is 61.2 cm³/mol. The lowest BCUT2D eigenvalue weighted by molar-refractivity contribution is -0.383. The van der Waals surface area contributed by atoms with Gasteiger partial charge < -0.3 is 10.5 Å². The van der Waals surface area contributed by atoms with Crippen LogP contribution < -0.4 is 10.5 Å². The van der Waals surface area contributed by atoms with Crippen LogP contribution in [0.25, 0.3) is 5.69 Å². The fourth-order valence-electron chi connectivity index (χ4n) is 1.42. The maximum Gasteiger partial charge on any atom is 0.331 e. The predicted octanol–water partition coefficient (Wildman–Crippen LogP) is 1.37. The van der Waals surface area contributed by atoms with Gasteiger partial charge >= 0.3 is 5.69 Å². The third-order valence-electron chi connectivity index (χ3n) is 2.30. The second kappa shape index (κ2) is 4.12. The van der Waals surface area contributed by atoms with Crippen LogP contribution in [0.4, 0.5) is 11.5 Å². The number of nitrogens with two attached hydrogens (primary N) is 1. The van der Waals surface area contributed by atoms with E-state index in [1.807, 2.05) is 0 Å². The minimum Gasteiger partial charge on any atom is -0.497 e. The molecule has 2 aromatic rings. The Hall–Kier alpha value is -2.57. The second-order valence-corrected chi connectivity index (χ2v) is 3.28. The van der Waals surface area contributed by atoms with Gasteiger partial charge in [-0.15, -0.1) is 0 Å². The Kier molecular flexibility index (Phi) is 2.65. The average Bonchev–Trinajstić information content (AvgIpc) is 2.71. The summed E-state index contributed by atoms with van der Waals surface area (Å²) in [7, 11) is 1.56. The number of anilines is 1. The summed E-state index contributed by atoms with van der Waals surface area (Å²) in [5.74, 6) is 0.689. The van der Waals surface area contributed by atoms with Gasteiger partial charge in [0, 0.05) is 0 Å². The summed E-state index contributed by atoms with van der Waals surface area (Å²) in [5.41, 5.74) is 6.06. The van der Waals surface area contributed by atoms with Gasteiger partial charge in [-0.1, -0.05) is 0 Å². The van der Waals surface area contributed by atoms with Crippen molar-refractivity contribution in [2.75, 3.05) is 12.8 Å². The third-order valence-corrected chi connectivity index (χ3v) is 2.30. The van der Waals surface area contributed by atoms with Gasteiger partial charge in [0.1, 0.15) is 11.9 Å². The molecule has 0 bridgehead atoms. The number of nitrogens with zero attached hydrogens (tertiary/aromatic N) is 3. The van der Waals surface area contributed by atoms with E-state index in [1.165, 1.54) is 4.68 Å². The first-order valence-electron chi connectivity index (χ1n) is 4.76. The Morgan fingerprint density at radius 2 is 2.06 bits per heavy atom. The van der Waals surface area contributed by atoms with Gasteiger partial charge in [-0.2, -0.15) is 5.10 Å². The van der Waals surface area contributed by atoms with Crippen LogP contribution in [0.5, 0.6) is 5.75 Å². The summed E-state index contributed by atoms with van der Waals surface area (Å²) in [4.78, 5) is 10.1. The molecule has 0 saturated carbocycles. The lowest BCUT2D eigenvalue weighted by Gasteiger charge is -2.04. The number of rotatable bonds is 3. The molecule has 0 saturated heterocycles. The van der Waals surface area contributed by atoms with Crippen LogP contribution in [0, 0.1) is 10.1 Å². The van der Waals surface area contributed by atoms with Gasteiger partial charge in [0.2, 0.25) is 5.82 Å². The molecule has 0 fully saturated rings. The average molecular weight is 234 g/mol. The number of ether oxygens (including phenoxy) is 1. The van der Waals surface area contributed by atoms with Crippen LogP contribution in [0.1, 0.15) is 0 Å². The molecule has 0 aliphatic heterocycles. The van der Waals surface area contributed by atoms with Crippen LogP contribution >= 0.6 is 0 Å². The van der Waals surface area contributed by atoms with Gasteiger partial charge in [-0.25, -0.2) is 4.68 Å². The lowest BCUT2D eigenvalue weighted by atomic mass is 10.3. The molecule has 0 atom stereocenters. The van der Waals surface area contributed by atoms with Crippen molar-refractivity contribution in [3.8, 4) is 11.4 Å². The van der Waals surface area contributed by atoms with Crippen LogP contribution in [0.2, 0.25) is 0 Å². The quantitative estimate of drug-likeness (QED) is 0.639. The summed E-state index contributed by atoms with van der Waals surface area (Å²) in [6.45, 7) is 0. The van der Waals surface area contributed by atoms with Crippen molar-refractivity contribution < 1.29 is 9.66 Å². The zero-order valence-corrected chi connectivity index (χ0v) is 9.03. The minimum atomic E-state index is -0.567. The molecule has 0 aliphatic carbocycles. The zero-order valence-electron chi connectivity index (χ0n) is 9.03. The van der Waals surface area contributed by atoms with E-state index in [2.05, 4.69) is 5.10 Å². The van der Waals surface area contributed by atoms with Crippen molar-refractivity contribution in [3.63, 3.8) is 0 Å². The van der Waals surface area contributed by atoms with Crippen molar-refractivity contribution >= 4 is 11.5 Å². The molecule has 2 rings (SSSR count). The van der Waals surface area contributed by atoms with Crippen molar-refractivity contribution in [2.45, 2.75) is 0 Å². The summed E-state index contributed by atoms with van der Waals surface area (Å²) < 4.78 is 6.31. The van der Waals surface area contributed by atoms with Crippen LogP contribution in [0.3, 0.4) is 0 Å². The van der Waals surface area contributed by atoms with Crippen molar-refractivity contribution in [1.82, 2.24) is 9.78 Å². The van der Waals surface area contributed by atoms with E-state index in [4.69, 9.17) is 10.5 Å². The lowest BCUT2D eigenvalue weighted by Crippen LogP contribution is -2.03. The Morgan fingerprint density at radius 3 is 2.53 bits per heavy atom. The highest BCUT2D eigenvalue weighted by Crippen LogP contribution is 2.24. The summed E-state index contributed by atoms with van der Waals surface area (Å²) in [6.07, 6.45) is 1.12. The number of hydrogen-bond donors (Lipinski definition) is 1. The molecule has 1 heterocycles. The first kappa shape index (κ1) is 10.9. The molecule has 1 aromatic carbocycles. The van der Waals surface area contributed by atoms with Gasteiger partial charge in [0.25, 0.3) is 0 Å². The topological polar surface area (TPSA) is 96.2 Å². The summed E-state index contributed by atoms with van der Waals surface area (Å²) >= 11 is 0. The van der Waals surface area contributed by atoms with Gasteiger partial charge in [-0.3, -0.25) is 10.1 Å². The highest BCUT2D eigenvalue weighted by Gasteiger charge is 2.18. The molecule has 7 heteroatoms. The fourth-order valence-corrected chi connectivity index (χ4v) is 1.42. The van der Waals surface area contributed by atoms with Crippen molar-refractivity contribution in [3.05, 3.63) is 40.6 Å². The number of nitrogen functional groups attached to an aromatic ring is 1. The zero-order chi connectivity index (χ0) is 12.4. The molecule has 1 aromatic heterocycles. The van der Waals surface area contributed by atoms with Gasteiger partial charge in [-0.05, 0) is 24.3 Å². The molecule has 0 aliphatic rings. The molecular weight excluding hydrogens is 224 g/mol. The number of hydrogen-bond acceptors (Lipinski definition) is 5. The summed E-state index contributed by atoms with van der Waals surface area (Å²) in [5, 5.41) is 14.5. The molecule has 17 heavy (non-hydrogen) atoms. The van der Waals surface area contributed by atoms with E-state index in [-0.39, 0.29) is 11.5 Å². The second-order valence-electron chi connectivity index (χ2n) is 3.28. The largest absolute Gasteiger partial charge is 0.497 e. The molecule has 0 radical (unpaired) electrons. The Morgan fingerprint density at radius 1 is 1.41 bits per heavy atom. The van der Waals surface area contributed by atoms with Crippen LogP contribution in [-0.2, 0) is 0 Å². The number of aromatic nitrogens is 2. The van der Waals surface area contributed by atoms with E-state index in [9.17, 15) is 10.1 Å². The maximum atomic E-state index is 10.6. The third kappa shape index (κ3) is 1.89. The first-order valence-corrected chi connectivity index (χ1v) is 4.76. The molecule has 2 N–H and O–H groups in total. The number of benzene rings is 1. The first-order chi connectivity index (χ1) is 8.13. The monoisotopic (exact) mass is 234 g/mol. The molecular formula is C10H10N4O3. The number of nitro groups is 1. The number of methoxy groups -OCH3 is 1. The smallest absolute Gasteiger partial charge is 0.331 e. The molecule has 0 spiro atoms. The highest BCUT2D eigenvalue weighted by atomic mass is 16.6. The van der Waals surface area contributed by atoms with E-state index in [0.29, 0.717) is 11.4 Å². The Balaban J connectivity index is 2.42. The van der Waals surface area contributed by atoms with E-state index in [0.717, 1.165) is 6.20 Å². The molecule has 0 unspecified atom stereocenters. The molecule has 0 amide bonds. The highest BCUT2D eigenvalue weighted by molar-refractivity contribution is 5.56. The van der Waals surface area contributed by atoms with Crippen LogP contribution in [-0.4, -0.2) is 21.8 Å². The minimum absolute atomic E-state index is 0.000154. The Bertz CT molecular complexity index is 547. The SMILES string of the molecule is COc1ccc(-n2ncc([N+](=O)[O-])c2N)cc1. The van der Waals surface area contributed by atoms with Gasteiger partial charge in [0.15, 0.2) is 0 Å². The molecule has 88 valence electrons. The Labute approximate surface area is 96.6 Å². The van der Waals surface area contributed by atoms with E-state index >= 15 is 0 Å². The molecule has 7 nitrogen and oxygen atoms in total.